The van der Waals surface area contributed by atoms with E-state index < -0.39 is 31.2 Å². The van der Waals surface area contributed by atoms with Crippen LogP contribution in [0.1, 0.15) is 46.5 Å². The average molecular weight is 615 g/mol. The van der Waals surface area contributed by atoms with Gasteiger partial charge in [0.1, 0.15) is 0 Å². The molecular weight excluding hydrogens is 591 g/mol. The quantitative estimate of drug-likeness (QED) is 0.315. The molecule has 2 saturated heterocycles. The Hall–Kier alpha value is -1.04. The molecule has 0 saturated carbocycles. The molecule has 0 amide bonds. The third-order valence-electron chi connectivity index (χ3n) is 5.62. The number of esters is 1. The summed E-state index contributed by atoms with van der Waals surface area (Å²) in [6.45, 7) is 5.53. The van der Waals surface area contributed by atoms with E-state index in [1.165, 1.54) is 4.52 Å². The Morgan fingerprint density at radius 2 is 2.06 bits per heavy atom. The van der Waals surface area contributed by atoms with Crippen LogP contribution in [0.15, 0.2) is 18.2 Å². The summed E-state index contributed by atoms with van der Waals surface area (Å²) < 4.78 is 47.1. The first-order chi connectivity index (χ1) is 14.4. The monoisotopic (exact) mass is 616 g/mol. The molecule has 2 N–H and O–H groups in total. The third kappa shape index (κ3) is 4.69. The molecule has 11 heteroatoms. The standard InChI is InChI=1S/C20H24F3IN4O2Se/c1-18(2,3)30-17(29)19-10-9-11(26-19)7-8-13(19)25-14-6-4-5-12-15(31-20(21,22)23)16(24)27-28(12)14/h4-6,11,13,25-26H,7-10H2,1-3H3/t11-,13-,19-/m1/s1. The molecule has 0 aromatic carbocycles. The number of nitrogens with one attached hydrogen (secondary N) is 2. The van der Waals surface area contributed by atoms with Crippen LogP contribution < -0.4 is 15.1 Å². The van der Waals surface area contributed by atoms with E-state index in [4.69, 9.17) is 4.74 Å². The number of ether oxygens (including phenoxy) is 1. The second-order valence-electron chi connectivity index (χ2n) is 9.00. The van der Waals surface area contributed by atoms with Crippen molar-refractivity contribution in [3.63, 3.8) is 0 Å². The van der Waals surface area contributed by atoms with Crippen molar-refractivity contribution in [1.82, 2.24) is 14.9 Å². The SMILES string of the molecule is CC(C)(C)OC(=O)[C@@]12CC[C@@H](CC[C@H]1Nc1cccc3c([Se]C(F)(F)F)c(I)nn13)N2. The van der Waals surface area contributed by atoms with Crippen LogP contribution in [0.3, 0.4) is 0 Å². The molecule has 2 aliphatic heterocycles. The molecule has 0 radical (unpaired) electrons. The zero-order chi connectivity index (χ0) is 22.6. The van der Waals surface area contributed by atoms with Crippen molar-refractivity contribution in [2.45, 2.75) is 74.8 Å². The molecule has 4 rings (SSSR count). The molecule has 6 nitrogen and oxygen atoms in total. The molecule has 31 heavy (non-hydrogen) atoms. The molecule has 3 atom stereocenters. The van der Waals surface area contributed by atoms with Gasteiger partial charge in [-0.1, -0.05) is 0 Å². The third-order valence-corrected chi connectivity index (χ3v) is 8.96. The van der Waals surface area contributed by atoms with Crippen LogP contribution in [-0.2, 0) is 9.53 Å². The summed E-state index contributed by atoms with van der Waals surface area (Å²) in [6, 6.07) is 5.17. The van der Waals surface area contributed by atoms with Gasteiger partial charge in [-0.2, -0.15) is 0 Å². The van der Waals surface area contributed by atoms with Crippen LogP contribution in [-0.4, -0.2) is 58.8 Å². The minimum absolute atomic E-state index is 0.216. The summed E-state index contributed by atoms with van der Waals surface area (Å²) in [5, 5.41) is 7.01. The van der Waals surface area contributed by atoms with Gasteiger partial charge in [-0.05, 0) is 0 Å². The number of pyridine rings is 1. The van der Waals surface area contributed by atoms with Crippen LogP contribution in [0.2, 0.25) is 0 Å². The number of anilines is 1. The fraction of sp³-hybridized carbons (Fsp3) is 0.600. The van der Waals surface area contributed by atoms with Gasteiger partial charge in [0.05, 0.1) is 0 Å². The molecule has 2 fully saturated rings. The van der Waals surface area contributed by atoms with Gasteiger partial charge in [-0.25, -0.2) is 0 Å². The van der Waals surface area contributed by atoms with E-state index in [0.29, 0.717) is 21.5 Å². The van der Waals surface area contributed by atoms with E-state index in [2.05, 4.69) is 15.7 Å². The topological polar surface area (TPSA) is 67.7 Å². The summed E-state index contributed by atoms with van der Waals surface area (Å²) in [4.78, 5) is 13.2. The maximum absolute atomic E-state index is 13.2. The number of hydrogen-bond donors (Lipinski definition) is 2. The summed E-state index contributed by atoms with van der Waals surface area (Å²) in [7, 11) is 0. The molecule has 0 spiro atoms. The number of hydrogen-bond acceptors (Lipinski definition) is 5. The zero-order valence-corrected chi connectivity index (χ0v) is 21.2. The molecule has 2 aliphatic rings. The molecule has 4 heterocycles. The Balaban J connectivity index is 1.68. The van der Waals surface area contributed by atoms with Crippen LogP contribution in [0.5, 0.6) is 0 Å². The van der Waals surface area contributed by atoms with Gasteiger partial charge >= 0.3 is 199 Å². The Morgan fingerprint density at radius 1 is 1.32 bits per heavy atom. The molecule has 2 aromatic heterocycles. The summed E-state index contributed by atoms with van der Waals surface area (Å²) in [6.07, 6.45) is 3.21. The second kappa shape index (κ2) is 8.07. The Labute approximate surface area is 198 Å². The number of aromatic nitrogens is 2. The zero-order valence-electron chi connectivity index (χ0n) is 17.3. The van der Waals surface area contributed by atoms with Gasteiger partial charge in [0, 0.05) is 0 Å². The molecule has 0 unspecified atom stereocenters. The predicted octanol–water partition coefficient (Wildman–Crippen LogP) is 3.20. The number of fused-ring (bicyclic) bond motifs is 3. The average Bonchev–Trinajstić information content (AvgIpc) is 3.15. The Kier molecular flexibility index (Phi) is 6.02. The molecular formula is C20H24F3IN4O2Se. The Bertz CT molecular complexity index is 1010. The van der Waals surface area contributed by atoms with E-state index in [9.17, 15) is 18.0 Å². The number of rotatable bonds is 4. The van der Waals surface area contributed by atoms with Crippen molar-refractivity contribution < 1.29 is 22.7 Å². The van der Waals surface area contributed by atoms with Gasteiger partial charge in [0.15, 0.2) is 0 Å². The maximum atomic E-state index is 13.2. The van der Waals surface area contributed by atoms with Crippen molar-refractivity contribution in [2.24, 2.45) is 0 Å². The normalized spacial score (nSPS) is 26.3. The van der Waals surface area contributed by atoms with Crippen LogP contribution in [0, 0.1) is 3.70 Å². The minimum atomic E-state index is -4.26. The Morgan fingerprint density at radius 3 is 2.74 bits per heavy atom. The number of nitrogens with zero attached hydrogens (tertiary/aromatic N) is 2. The molecule has 170 valence electrons. The second-order valence-corrected chi connectivity index (χ2v) is 12.3. The van der Waals surface area contributed by atoms with Crippen LogP contribution >= 0.6 is 22.6 Å². The van der Waals surface area contributed by atoms with Gasteiger partial charge in [-0.15, -0.1) is 0 Å². The number of carbonyl (C=O) groups excluding carboxylic acids is 1. The number of piperidine rings is 1. The van der Waals surface area contributed by atoms with Gasteiger partial charge < -0.3 is 0 Å². The summed E-state index contributed by atoms with van der Waals surface area (Å²) in [5.41, 5.74) is -1.04. The van der Waals surface area contributed by atoms with Crippen LogP contribution in [0.4, 0.5) is 19.0 Å². The fourth-order valence-corrected chi connectivity index (χ4v) is 6.76. The molecule has 2 bridgehead atoms. The number of alkyl halides is 3. The molecule has 2 aromatic rings. The summed E-state index contributed by atoms with van der Waals surface area (Å²) >= 11 is 0.169. The first kappa shape index (κ1) is 23.1. The number of halogens is 4. The van der Waals surface area contributed by atoms with Gasteiger partial charge in [0.25, 0.3) is 0 Å². The fourth-order valence-electron chi connectivity index (χ4n) is 4.40. The molecule has 0 aliphatic carbocycles. The van der Waals surface area contributed by atoms with E-state index in [1.807, 2.05) is 43.4 Å². The first-order valence-corrected chi connectivity index (χ1v) is 12.9. The van der Waals surface area contributed by atoms with Crippen molar-refractivity contribution in [1.29, 1.82) is 0 Å². The van der Waals surface area contributed by atoms with Crippen molar-refractivity contribution in [2.75, 3.05) is 5.32 Å². The van der Waals surface area contributed by atoms with Crippen molar-refractivity contribution in [3.05, 3.63) is 21.9 Å². The van der Waals surface area contributed by atoms with Crippen molar-refractivity contribution >= 4 is 59.3 Å². The van der Waals surface area contributed by atoms with Crippen LogP contribution in [0.25, 0.3) is 5.52 Å². The summed E-state index contributed by atoms with van der Waals surface area (Å²) in [5.74, 6) is 0.280. The van der Waals surface area contributed by atoms with E-state index >= 15 is 0 Å². The van der Waals surface area contributed by atoms with E-state index in [1.54, 1.807) is 18.2 Å². The predicted molar refractivity (Wildman–Crippen MR) is 121 cm³/mol. The van der Waals surface area contributed by atoms with Gasteiger partial charge in [0.2, 0.25) is 0 Å². The number of carbonyl (C=O) groups is 1. The van der Waals surface area contributed by atoms with Gasteiger partial charge in [-0.3, -0.25) is 0 Å². The van der Waals surface area contributed by atoms with E-state index in [0.717, 1.165) is 19.3 Å². The van der Waals surface area contributed by atoms with E-state index in [-0.39, 0.29) is 22.5 Å². The first-order valence-electron chi connectivity index (χ1n) is 10.1. The van der Waals surface area contributed by atoms with Crippen molar-refractivity contribution in [3.8, 4) is 0 Å².